The van der Waals surface area contributed by atoms with Crippen LogP contribution in [0.1, 0.15) is 17.2 Å². The summed E-state index contributed by atoms with van der Waals surface area (Å²) in [5.41, 5.74) is 1.90. The monoisotopic (exact) mass is 328 g/mol. The molecule has 0 spiro atoms. The standard InChI is InChI=1S/C18H21N3O3/c1-19-18(23)21-17(22)16(14-6-4-3-5-7-14)20-12-13-8-10-15(24-2)11-9-13/h3-11,16,20H,12H2,1-2H3,(H2,19,21,22,23)/p+1/t16-/m1/s1. The molecule has 0 aliphatic carbocycles. The van der Waals surface area contributed by atoms with Crippen molar-refractivity contribution in [1.29, 1.82) is 0 Å². The summed E-state index contributed by atoms with van der Waals surface area (Å²) in [4.78, 5) is 23.8. The van der Waals surface area contributed by atoms with Crippen LogP contribution >= 0.6 is 0 Å². The molecule has 2 aromatic carbocycles. The Kier molecular flexibility index (Phi) is 6.33. The van der Waals surface area contributed by atoms with E-state index in [1.54, 1.807) is 7.11 Å². The van der Waals surface area contributed by atoms with Crippen molar-refractivity contribution in [2.75, 3.05) is 14.2 Å². The van der Waals surface area contributed by atoms with E-state index in [1.165, 1.54) is 7.05 Å². The molecule has 2 aromatic rings. The van der Waals surface area contributed by atoms with Crippen molar-refractivity contribution in [1.82, 2.24) is 10.6 Å². The Morgan fingerprint density at radius 1 is 1.08 bits per heavy atom. The first-order valence-corrected chi connectivity index (χ1v) is 7.68. The average Bonchev–Trinajstić information content (AvgIpc) is 2.63. The molecule has 0 saturated carbocycles. The number of carbonyl (C=O) groups excluding carboxylic acids is 2. The first-order valence-electron chi connectivity index (χ1n) is 7.68. The van der Waals surface area contributed by atoms with Crippen LogP contribution in [0, 0.1) is 0 Å². The van der Waals surface area contributed by atoms with Gasteiger partial charge in [0.15, 0.2) is 6.04 Å². The van der Waals surface area contributed by atoms with Crippen LogP contribution in [0.15, 0.2) is 54.6 Å². The molecule has 4 N–H and O–H groups in total. The lowest BCUT2D eigenvalue weighted by atomic mass is 10.1. The average molecular weight is 328 g/mol. The number of methoxy groups -OCH3 is 1. The maximum absolute atomic E-state index is 12.4. The Labute approximate surface area is 141 Å². The lowest BCUT2D eigenvalue weighted by molar-refractivity contribution is -0.698. The summed E-state index contributed by atoms with van der Waals surface area (Å²) in [6, 6.07) is 16.0. The molecule has 0 aliphatic rings. The largest absolute Gasteiger partial charge is 0.497 e. The number of imide groups is 1. The van der Waals surface area contributed by atoms with E-state index in [1.807, 2.05) is 59.9 Å². The van der Waals surface area contributed by atoms with Gasteiger partial charge in [0, 0.05) is 18.2 Å². The van der Waals surface area contributed by atoms with Gasteiger partial charge >= 0.3 is 6.03 Å². The highest BCUT2D eigenvalue weighted by Crippen LogP contribution is 2.12. The van der Waals surface area contributed by atoms with E-state index in [0.29, 0.717) is 6.54 Å². The molecule has 1 atom stereocenters. The van der Waals surface area contributed by atoms with Crippen LogP contribution < -0.4 is 20.7 Å². The van der Waals surface area contributed by atoms with Crippen molar-refractivity contribution in [2.24, 2.45) is 0 Å². The molecule has 0 radical (unpaired) electrons. The number of benzene rings is 2. The van der Waals surface area contributed by atoms with Gasteiger partial charge in [-0.1, -0.05) is 30.3 Å². The van der Waals surface area contributed by atoms with Gasteiger partial charge in [0.05, 0.1) is 7.11 Å². The van der Waals surface area contributed by atoms with Gasteiger partial charge in [0.25, 0.3) is 5.91 Å². The van der Waals surface area contributed by atoms with E-state index >= 15 is 0 Å². The molecule has 0 aliphatic heterocycles. The van der Waals surface area contributed by atoms with Crippen LogP contribution in [0.5, 0.6) is 5.75 Å². The van der Waals surface area contributed by atoms with Crippen molar-refractivity contribution in [3.63, 3.8) is 0 Å². The maximum atomic E-state index is 12.4. The molecule has 6 heteroatoms. The first-order chi connectivity index (χ1) is 11.6. The number of urea groups is 1. The Bertz CT molecular complexity index is 672. The predicted molar refractivity (Wildman–Crippen MR) is 90.4 cm³/mol. The van der Waals surface area contributed by atoms with Crippen molar-refractivity contribution < 1.29 is 19.6 Å². The summed E-state index contributed by atoms with van der Waals surface area (Å²) in [7, 11) is 3.09. The normalized spacial score (nSPS) is 11.4. The molecule has 2 rings (SSSR count). The highest BCUT2D eigenvalue weighted by molar-refractivity contribution is 5.96. The zero-order chi connectivity index (χ0) is 17.4. The first kappa shape index (κ1) is 17.5. The van der Waals surface area contributed by atoms with Crippen molar-refractivity contribution in [3.05, 3.63) is 65.7 Å². The second kappa shape index (κ2) is 8.69. The molecule has 0 fully saturated rings. The third-order valence-corrected chi connectivity index (χ3v) is 3.65. The number of quaternary nitrogens is 1. The molecule has 24 heavy (non-hydrogen) atoms. The smallest absolute Gasteiger partial charge is 0.321 e. The van der Waals surface area contributed by atoms with E-state index in [9.17, 15) is 9.59 Å². The number of nitrogens with two attached hydrogens (primary N) is 1. The molecule has 126 valence electrons. The molecule has 0 heterocycles. The minimum atomic E-state index is -0.515. The summed E-state index contributed by atoms with van der Waals surface area (Å²) < 4.78 is 5.14. The van der Waals surface area contributed by atoms with Crippen LogP contribution in [0.4, 0.5) is 4.79 Å². The second-order valence-electron chi connectivity index (χ2n) is 5.24. The van der Waals surface area contributed by atoms with E-state index in [2.05, 4.69) is 10.6 Å². The minimum absolute atomic E-state index is 0.353. The fraction of sp³-hybridized carbons (Fsp3) is 0.222. The number of hydrogen-bond acceptors (Lipinski definition) is 3. The molecule has 0 unspecified atom stereocenters. The van der Waals surface area contributed by atoms with Crippen LogP contribution in [-0.2, 0) is 11.3 Å². The van der Waals surface area contributed by atoms with E-state index < -0.39 is 12.1 Å². The topological polar surface area (TPSA) is 84.0 Å². The van der Waals surface area contributed by atoms with Gasteiger partial charge in [-0.05, 0) is 24.3 Å². The summed E-state index contributed by atoms with van der Waals surface area (Å²) in [6.45, 7) is 0.602. The molecular formula is C18H22N3O3+. The lowest BCUT2D eigenvalue weighted by Gasteiger charge is -2.15. The van der Waals surface area contributed by atoms with Crippen LogP contribution in [0.25, 0.3) is 0 Å². The Morgan fingerprint density at radius 2 is 1.75 bits per heavy atom. The fourth-order valence-electron chi connectivity index (χ4n) is 2.32. The lowest BCUT2D eigenvalue weighted by Crippen LogP contribution is -2.86. The Morgan fingerprint density at radius 3 is 2.33 bits per heavy atom. The SMILES string of the molecule is CNC(=O)NC(=O)[C@H]([NH2+]Cc1ccc(OC)cc1)c1ccccc1. The maximum Gasteiger partial charge on any atom is 0.321 e. The van der Waals surface area contributed by atoms with Gasteiger partial charge in [0.1, 0.15) is 12.3 Å². The third kappa shape index (κ3) is 4.82. The minimum Gasteiger partial charge on any atom is -0.497 e. The zero-order valence-electron chi connectivity index (χ0n) is 13.8. The highest BCUT2D eigenvalue weighted by Gasteiger charge is 2.25. The molecular weight excluding hydrogens is 306 g/mol. The molecule has 0 aromatic heterocycles. The van der Waals surface area contributed by atoms with Crippen LogP contribution in [0.2, 0.25) is 0 Å². The quantitative estimate of drug-likeness (QED) is 0.738. The van der Waals surface area contributed by atoms with Crippen molar-refractivity contribution in [2.45, 2.75) is 12.6 Å². The fourth-order valence-corrected chi connectivity index (χ4v) is 2.32. The van der Waals surface area contributed by atoms with Gasteiger partial charge in [-0.25, -0.2) is 4.79 Å². The van der Waals surface area contributed by atoms with E-state index in [0.717, 1.165) is 16.9 Å². The van der Waals surface area contributed by atoms with Gasteiger partial charge in [-0.15, -0.1) is 0 Å². The summed E-state index contributed by atoms with van der Waals surface area (Å²) in [5, 5.41) is 6.63. The number of carbonyl (C=O) groups is 2. The summed E-state index contributed by atoms with van der Waals surface area (Å²) in [6.07, 6.45) is 0. The number of hydrogen-bond donors (Lipinski definition) is 3. The van der Waals surface area contributed by atoms with E-state index in [-0.39, 0.29) is 5.91 Å². The number of nitrogens with one attached hydrogen (secondary N) is 2. The Balaban J connectivity index is 2.10. The van der Waals surface area contributed by atoms with Gasteiger partial charge < -0.3 is 15.4 Å². The summed E-state index contributed by atoms with van der Waals surface area (Å²) in [5.74, 6) is 0.435. The molecule has 0 saturated heterocycles. The zero-order valence-corrected chi connectivity index (χ0v) is 13.8. The molecule has 6 nitrogen and oxygen atoms in total. The van der Waals surface area contributed by atoms with Gasteiger partial charge in [0.2, 0.25) is 0 Å². The van der Waals surface area contributed by atoms with Crippen LogP contribution in [-0.4, -0.2) is 26.1 Å². The Hall–Kier alpha value is -2.86. The van der Waals surface area contributed by atoms with Gasteiger partial charge in [-0.2, -0.15) is 0 Å². The van der Waals surface area contributed by atoms with Crippen LogP contribution in [0.3, 0.4) is 0 Å². The van der Waals surface area contributed by atoms with E-state index in [4.69, 9.17) is 4.74 Å². The van der Waals surface area contributed by atoms with Gasteiger partial charge in [-0.3, -0.25) is 10.1 Å². The van der Waals surface area contributed by atoms with Crippen molar-refractivity contribution in [3.8, 4) is 5.75 Å². The highest BCUT2D eigenvalue weighted by atomic mass is 16.5. The number of amides is 3. The second-order valence-corrected chi connectivity index (χ2v) is 5.24. The predicted octanol–water partition coefficient (Wildman–Crippen LogP) is 0.956. The molecule has 3 amide bonds. The molecule has 0 bridgehead atoms. The number of ether oxygens (including phenoxy) is 1. The third-order valence-electron chi connectivity index (χ3n) is 3.65. The number of rotatable bonds is 6. The summed E-state index contributed by atoms with van der Waals surface area (Å²) >= 11 is 0. The van der Waals surface area contributed by atoms with Crippen molar-refractivity contribution >= 4 is 11.9 Å².